The average molecular weight is 391 g/mol. The number of pyridine rings is 1. The van der Waals surface area contributed by atoms with Crippen LogP contribution in [0, 0.1) is 11.8 Å². The summed E-state index contributed by atoms with van der Waals surface area (Å²) in [5, 5.41) is 2.77. The zero-order valence-corrected chi connectivity index (χ0v) is 15.4. The van der Waals surface area contributed by atoms with Crippen LogP contribution in [-0.2, 0) is 16.0 Å². The highest BCUT2D eigenvalue weighted by atomic mass is 16.3. The molecule has 3 aliphatic rings. The Morgan fingerprint density at radius 3 is 3.00 bits per heavy atom. The van der Waals surface area contributed by atoms with E-state index in [-0.39, 0.29) is 19.2 Å². The average Bonchev–Trinajstić information content (AvgIpc) is 3.41. The van der Waals surface area contributed by atoms with Crippen LogP contribution in [0.1, 0.15) is 37.0 Å². The Kier molecular flexibility index (Phi) is 5.09. The highest BCUT2D eigenvalue weighted by Gasteiger charge is 2.37. The van der Waals surface area contributed by atoms with Crippen LogP contribution in [0.3, 0.4) is 0 Å². The van der Waals surface area contributed by atoms with E-state index in [1.54, 1.807) is 24.8 Å². The molecule has 1 N–H and O–H groups in total. The predicted molar refractivity (Wildman–Crippen MR) is 112 cm³/mol. The number of likely N-dealkylation sites (tertiary alicyclic amines) is 1. The third-order valence-corrected chi connectivity index (χ3v) is 5.88. The lowest BCUT2D eigenvalue weighted by Gasteiger charge is -2.16. The topological polar surface area (TPSA) is 75.4 Å². The number of aryl methyl sites for hydroxylation is 1. The molecule has 2 aromatic heterocycles. The van der Waals surface area contributed by atoms with E-state index in [4.69, 9.17) is 4.42 Å². The van der Waals surface area contributed by atoms with Crippen molar-refractivity contribution in [3.05, 3.63) is 59.7 Å². The molecule has 29 heavy (non-hydrogen) atoms. The van der Waals surface area contributed by atoms with Gasteiger partial charge in [0.05, 0.1) is 12.5 Å². The van der Waals surface area contributed by atoms with Crippen molar-refractivity contribution in [2.45, 2.75) is 26.7 Å². The highest BCUT2D eigenvalue weighted by molar-refractivity contribution is 5.94. The molecule has 0 aromatic carbocycles. The molecule has 1 aliphatic carbocycles. The van der Waals surface area contributed by atoms with Crippen LogP contribution in [-0.4, -0.2) is 34.8 Å². The normalized spacial score (nSPS) is 22.7. The van der Waals surface area contributed by atoms with E-state index in [1.165, 1.54) is 5.57 Å². The molecule has 1 fully saturated rings. The molecule has 4 heterocycles. The molecule has 2 atom stereocenters. The van der Waals surface area contributed by atoms with Crippen molar-refractivity contribution in [3.63, 3.8) is 0 Å². The summed E-state index contributed by atoms with van der Waals surface area (Å²) in [7, 11) is 0. The van der Waals surface area contributed by atoms with Crippen molar-refractivity contribution in [1.82, 2.24) is 9.88 Å². The highest BCUT2D eigenvalue weighted by Crippen LogP contribution is 2.41. The molecular weight excluding hydrogens is 366 g/mol. The van der Waals surface area contributed by atoms with Gasteiger partial charge in [-0.25, -0.2) is 4.98 Å². The van der Waals surface area contributed by atoms with Crippen LogP contribution in [0.5, 0.6) is 0 Å². The maximum atomic E-state index is 12.6. The maximum absolute atomic E-state index is 12.6. The lowest BCUT2D eigenvalue weighted by Crippen LogP contribution is -2.27. The monoisotopic (exact) mass is 391 g/mol. The Bertz CT molecular complexity index is 991. The second-order valence-corrected chi connectivity index (χ2v) is 7.73. The maximum Gasteiger partial charge on any atom is 0.246 e. The van der Waals surface area contributed by atoms with Crippen LogP contribution in [0.15, 0.2) is 47.4 Å². The van der Waals surface area contributed by atoms with Gasteiger partial charge >= 0.3 is 0 Å². The second kappa shape index (κ2) is 7.70. The van der Waals surface area contributed by atoms with E-state index in [1.807, 2.05) is 23.1 Å². The summed E-state index contributed by atoms with van der Waals surface area (Å²) >= 11 is 0. The first-order chi connectivity index (χ1) is 13.7. The summed E-state index contributed by atoms with van der Waals surface area (Å²) in [5.74, 6) is 1.60. The van der Waals surface area contributed by atoms with E-state index in [0.29, 0.717) is 30.5 Å². The second-order valence-electron chi connectivity index (χ2n) is 7.73. The molecule has 0 bridgehead atoms. The molecule has 2 aliphatic heterocycles. The Hall–Kier alpha value is -3.15. The van der Waals surface area contributed by atoms with Gasteiger partial charge in [0.1, 0.15) is 5.82 Å². The fourth-order valence-corrected chi connectivity index (χ4v) is 4.39. The first-order valence-corrected chi connectivity index (χ1v) is 9.65. The molecule has 0 spiro atoms. The van der Waals surface area contributed by atoms with Crippen LogP contribution >= 0.6 is 0 Å². The molecular formula is C23H25N3O3. The lowest BCUT2D eigenvalue weighted by atomic mass is 9.99. The van der Waals surface area contributed by atoms with Crippen LogP contribution < -0.4 is 5.32 Å². The minimum absolute atomic E-state index is 0. The minimum Gasteiger partial charge on any atom is -0.472 e. The number of fused-ring (bicyclic) bond motifs is 2. The molecule has 2 amide bonds. The van der Waals surface area contributed by atoms with Gasteiger partial charge in [-0.15, -0.1) is 0 Å². The summed E-state index contributed by atoms with van der Waals surface area (Å²) in [6, 6.07) is 3.99. The van der Waals surface area contributed by atoms with Crippen molar-refractivity contribution in [2.24, 2.45) is 11.8 Å². The number of amides is 2. The number of hydrogen-bond acceptors (Lipinski definition) is 4. The van der Waals surface area contributed by atoms with Crippen molar-refractivity contribution in [2.75, 3.05) is 18.4 Å². The number of carbonyl (C=O) groups is 2. The SMILES string of the molecule is C.O=C1CCc2cc(/C=C/C(=O)N3CC4C=C(c5ccoc5)CC4C3)cnc2N1. The molecule has 5 rings (SSSR count). The van der Waals surface area contributed by atoms with Gasteiger partial charge in [0, 0.05) is 37.3 Å². The van der Waals surface area contributed by atoms with E-state index < -0.39 is 0 Å². The molecule has 6 nitrogen and oxygen atoms in total. The summed E-state index contributed by atoms with van der Waals surface area (Å²) in [5.41, 5.74) is 4.38. The van der Waals surface area contributed by atoms with Crippen LogP contribution in [0.2, 0.25) is 0 Å². The van der Waals surface area contributed by atoms with Crippen molar-refractivity contribution >= 4 is 29.3 Å². The summed E-state index contributed by atoms with van der Waals surface area (Å²) in [6.07, 6.45) is 13.1. The number of rotatable bonds is 3. The quantitative estimate of drug-likeness (QED) is 0.808. The van der Waals surface area contributed by atoms with Gasteiger partial charge in [-0.3, -0.25) is 9.59 Å². The number of nitrogens with one attached hydrogen (secondary N) is 1. The number of furan rings is 1. The first kappa shape index (κ1) is 19.2. The Balaban J connectivity index is 0.00000205. The number of anilines is 1. The van der Waals surface area contributed by atoms with Crippen molar-refractivity contribution < 1.29 is 14.0 Å². The van der Waals surface area contributed by atoms with E-state index in [0.717, 1.165) is 36.2 Å². The molecule has 2 unspecified atom stereocenters. The van der Waals surface area contributed by atoms with Gasteiger partial charge in [-0.2, -0.15) is 0 Å². The number of nitrogens with zero attached hydrogens (tertiary/aromatic N) is 2. The van der Waals surface area contributed by atoms with Crippen LogP contribution in [0.4, 0.5) is 5.82 Å². The van der Waals surface area contributed by atoms with Gasteiger partial charge in [0.15, 0.2) is 0 Å². The largest absolute Gasteiger partial charge is 0.472 e. The fraction of sp³-hybridized carbons (Fsp3) is 0.348. The van der Waals surface area contributed by atoms with Crippen LogP contribution in [0.25, 0.3) is 11.6 Å². The Morgan fingerprint density at radius 1 is 1.31 bits per heavy atom. The number of allylic oxidation sites excluding steroid dienone is 1. The molecule has 1 saturated heterocycles. The minimum atomic E-state index is 0. The molecule has 150 valence electrons. The van der Waals surface area contributed by atoms with E-state index >= 15 is 0 Å². The zero-order chi connectivity index (χ0) is 19.1. The van der Waals surface area contributed by atoms with Gasteiger partial charge in [0.2, 0.25) is 11.8 Å². The third kappa shape index (κ3) is 3.75. The summed E-state index contributed by atoms with van der Waals surface area (Å²) in [6.45, 7) is 1.56. The lowest BCUT2D eigenvalue weighted by molar-refractivity contribution is -0.125. The van der Waals surface area contributed by atoms with Gasteiger partial charge < -0.3 is 14.6 Å². The number of carbonyl (C=O) groups excluding carboxylic acids is 2. The summed E-state index contributed by atoms with van der Waals surface area (Å²) in [4.78, 5) is 30.3. The fourth-order valence-electron chi connectivity index (χ4n) is 4.39. The molecule has 0 radical (unpaired) electrons. The van der Waals surface area contributed by atoms with E-state index in [2.05, 4.69) is 16.4 Å². The summed E-state index contributed by atoms with van der Waals surface area (Å²) < 4.78 is 5.18. The van der Waals surface area contributed by atoms with Crippen molar-refractivity contribution in [3.8, 4) is 0 Å². The van der Waals surface area contributed by atoms with E-state index in [9.17, 15) is 9.59 Å². The predicted octanol–water partition coefficient (Wildman–Crippen LogP) is 3.77. The molecule has 6 heteroatoms. The Morgan fingerprint density at radius 2 is 2.21 bits per heavy atom. The van der Waals surface area contributed by atoms with Gasteiger partial charge in [0.25, 0.3) is 0 Å². The standard InChI is InChI=1S/C22H21N3O3.CH4/c26-20-3-2-15-7-14(10-23-22(15)24-20)1-4-21(27)25-11-18-8-17(9-19(18)12-25)16-5-6-28-13-16;/h1,4-8,10,13,18-19H,2-3,9,11-12H2,(H,23,24,26);1H4/b4-1+;. The molecule has 2 aromatic rings. The third-order valence-electron chi connectivity index (χ3n) is 5.88. The van der Waals surface area contributed by atoms with Gasteiger partial charge in [-0.05, 0) is 59.6 Å². The van der Waals surface area contributed by atoms with Gasteiger partial charge in [-0.1, -0.05) is 13.5 Å². The Labute approximate surface area is 170 Å². The number of hydrogen-bond donors (Lipinski definition) is 1. The zero-order valence-electron chi connectivity index (χ0n) is 15.4. The first-order valence-electron chi connectivity index (χ1n) is 9.65. The number of aromatic nitrogens is 1. The van der Waals surface area contributed by atoms with Crippen molar-refractivity contribution in [1.29, 1.82) is 0 Å². The smallest absolute Gasteiger partial charge is 0.246 e. The molecule has 0 saturated carbocycles.